The summed E-state index contributed by atoms with van der Waals surface area (Å²) in [5.74, 6) is 0.808. The summed E-state index contributed by atoms with van der Waals surface area (Å²) in [6.07, 6.45) is 5.18. The third-order valence-electron chi connectivity index (χ3n) is 4.39. The smallest absolute Gasteiger partial charge is 0.162 e. The molecule has 1 atom stereocenters. The van der Waals surface area contributed by atoms with Crippen molar-refractivity contribution in [1.29, 1.82) is 0 Å². The van der Waals surface area contributed by atoms with Gasteiger partial charge in [-0.15, -0.1) is 0 Å². The second-order valence-corrected chi connectivity index (χ2v) is 5.75. The zero-order valence-electron chi connectivity index (χ0n) is 13.6. The van der Waals surface area contributed by atoms with Crippen LogP contribution in [0, 0.1) is 0 Å². The summed E-state index contributed by atoms with van der Waals surface area (Å²) in [6, 6.07) is 12.6. The van der Waals surface area contributed by atoms with Crippen LogP contribution in [0.15, 0.2) is 55.2 Å². The van der Waals surface area contributed by atoms with Gasteiger partial charge >= 0.3 is 0 Å². The third kappa shape index (κ3) is 2.32. The van der Waals surface area contributed by atoms with E-state index in [4.69, 9.17) is 0 Å². The van der Waals surface area contributed by atoms with Gasteiger partial charge in [0.1, 0.15) is 11.8 Å². The van der Waals surface area contributed by atoms with E-state index < -0.39 is 0 Å². The monoisotopic (exact) mass is 318 g/mol. The molecule has 0 aliphatic carbocycles. The quantitative estimate of drug-likeness (QED) is 0.603. The highest BCUT2D eigenvalue weighted by Gasteiger charge is 2.21. The van der Waals surface area contributed by atoms with Gasteiger partial charge in [0, 0.05) is 24.5 Å². The molecular weight excluding hydrogens is 300 g/mol. The lowest BCUT2D eigenvalue weighted by molar-refractivity contribution is 0.713. The second-order valence-electron chi connectivity index (χ2n) is 5.75. The van der Waals surface area contributed by atoms with Gasteiger partial charge in [-0.05, 0) is 18.6 Å². The number of hydrogen-bond donors (Lipinski definition) is 2. The van der Waals surface area contributed by atoms with Crippen LogP contribution in [0.5, 0.6) is 0 Å². The van der Waals surface area contributed by atoms with Crippen LogP contribution in [-0.4, -0.2) is 32.0 Å². The fraction of sp³-hybridized carbons (Fsp3) is 0.167. The number of anilines is 1. The number of nitrogens with zero attached hydrogens (tertiary/aromatic N) is 4. The molecule has 1 aromatic carbocycles. The molecule has 0 aliphatic rings. The van der Waals surface area contributed by atoms with Crippen molar-refractivity contribution in [3.05, 3.63) is 60.9 Å². The summed E-state index contributed by atoms with van der Waals surface area (Å²) < 4.78 is 0. The highest BCUT2D eigenvalue weighted by molar-refractivity contribution is 5.83. The van der Waals surface area contributed by atoms with Crippen molar-refractivity contribution in [3.8, 4) is 11.1 Å². The molecule has 6 heteroatoms. The zero-order chi connectivity index (χ0) is 16.5. The van der Waals surface area contributed by atoms with E-state index in [0.29, 0.717) is 0 Å². The van der Waals surface area contributed by atoms with E-state index >= 15 is 0 Å². The number of aromatic nitrogens is 5. The molecule has 6 nitrogen and oxygen atoms in total. The molecule has 2 N–H and O–H groups in total. The molecule has 0 aliphatic heterocycles. The molecule has 0 amide bonds. The van der Waals surface area contributed by atoms with Crippen molar-refractivity contribution in [1.82, 2.24) is 24.9 Å². The summed E-state index contributed by atoms with van der Waals surface area (Å²) in [7, 11) is 2.02. The van der Waals surface area contributed by atoms with Gasteiger partial charge in [0.2, 0.25) is 0 Å². The van der Waals surface area contributed by atoms with E-state index in [2.05, 4.69) is 67.1 Å². The maximum atomic E-state index is 4.43. The molecule has 4 aromatic rings. The SMILES string of the molecule is C[C@@H](c1[nH]ccc1-c1ccccc1)N(C)c1ncnc2[nH]cnc12. The summed E-state index contributed by atoms with van der Waals surface area (Å²) in [6.45, 7) is 2.15. The average Bonchev–Trinajstić information content (AvgIpc) is 3.30. The van der Waals surface area contributed by atoms with Crippen LogP contribution in [-0.2, 0) is 0 Å². The predicted octanol–water partition coefficient (Wildman–Crippen LogP) is 3.55. The van der Waals surface area contributed by atoms with Gasteiger partial charge in [0.25, 0.3) is 0 Å². The average molecular weight is 318 g/mol. The normalized spacial score (nSPS) is 12.4. The van der Waals surface area contributed by atoms with Crippen molar-refractivity contribution in [2.24, 2.45) is 0 Å². The molecule has 3 heterocycles. The van der Waals surface area contributed by atoms with Crippen LogP contribution < -0.4 is 4.90 Å². The Morgan fingerprint density at radius 2 is 1.83 bits per heavy atom. The number of fused-ring (bicyclic) bond motifs is 1. The molecule has 0 spiro atoms. The Morgan fingerprint density at radius 3 is 2.67 bits per heavy atom. The van der Waals surface area contributed by atoms with E-state index in [1.54, 1.807) is 12.7 Å². The molecule has 3 aromatic heterocycles. The Bertz CT molecular complexity index is 956. The van der Waals surface area contributed by atoms with Crippen LogP contribution in [0.25, 0.3) is 22.3 Å². The van der Waals surface area contributed by atoms with Crippen LogP contribution in [0.3, 0.4) is 0 Å². The van der Waals surface area contributed by atoms with Crippen molar-refractivity contribution in [3.63, 3.8) is 0 Å². The van der Waals surface area contributed by atoms with Gasteiger partial charge in [-0.3, -0.25) is 0 Å². The summed E-state index contributed by atoms with van der Waals surface area (Å²) in [4.78, 5) is 21.5. The molecule has 0 saturated carbocycles. The zero-order valence-corrected chi connectivity index (χ0v) is 13.6. The molecule has 24 heavy (non-hydrogen) atoms. The van der Waals surface area contributed by atoms with E-state index in [-0.39, 0.29) is 6.04 Å². The van der Waals surface area contributed by atoms with Gasteiger partial charge in [-0.1, -0.05) is 30.3 Å². The first-order chi connectivity index (χ1) is 11.8. The van der Waals surface area contributed by atoms with Crippen LogP contribution in [0.2, 0.25) is 0 Å². The standard InChI is InChI=1S/C18H18N6/c1-12(15-14(8-9-19-15)13-6-4-3-5-7-13)24(2)18-16-17(21-10-20-16)22-11-23-18/h3-12,19H,1-2H3,(H,20,21,22,23)/t12-/m0/s1. The van der Waals surface area contributed by atoms with Gasteiger partial charge < -0.3 is 14.9 Å². The predicted molar refractivity (Wildman–Crippen MR) is 94.7 cm³/mol. The minimum absolute atomic E-state index is 0.102. The largest absolute Gasteiger partial charge is 0.363 e. The molecule has 0 bridgehead atoms. The van der Waals surface area contributed by atoms with E-state index in [1.165, 1.54) is 11.1 Å². The Hall–Kier alpha value is -3.15. The number of rotatable bonds is 4. The highest BCUT2D eigenvalue weighted by atomic mass is 15.2. The number of aromatic amines is 2. The Morgan fingerprint density at radius 1 is 1.00 bits per heavy atom. The molecule has 0 saturated heterocycles. The number of hydrogen-bond acceptors (Lipinski definition) is 4. The van der Waals surface area contributed by atoms with Crippen molar-refractivity contribution in [2.45, 2.75) is 13.0 Å². The highest BCUT2D eigenvalue weighted by Crippen LogP contribution is 2.32. The number of H-pyrrole nitrogens is 2. The Kier molecular flexibility index (Phi) is 3.49. The first-order valence-electron chi connectivity index (χ1n) is 7.85. The fourth-order valence-electron chi connectivity index (χ4n) is 2.98. The first-order valence-corrected chi connectivity index (χ1v) is 7.85. The molecule has 0 unspecified atom stereocenters. The molecular formula is C18H18N6. The van der Waals surface area contributed by atoms with Crippen molar-refractivity contribution < 1.29 is 0 Å². The third-order valence-corrected chi connectivity index (χ3v) is 4.39. The maximum absolute atomic E-state index is 4.43. The van der Waals surface area contributed by atoms with Crippen LogP contribution in [0.4, 0.5) is 5.82 Å². The summed E-state index contributed by atoms with van der Waals surface area (Å²) in [5, 5.41) is 0. The van der Waals surface area contributed by atoms with E-state index in [1.807, 2.05) is 19.3 Å². The van der Waals surface area contributed by atoms with Gasteiger partial charge in [0.05, 0.1) is 12.4 Å². The minimum Gasteiger partial charge on any atom is -0.363 e. The van der Waals surface area contributed by atoms with E-state index in [9.17, 15) is 0 Å². The minimum atomic E-state index is 0.102. The van der Waals surface area contributed by atoms with Crippen molar-refractivity contribution in [2.75, 3.05) is 11.9 Å². The number of benzene rings is 1. The molecule has 120 valence electrons. The Balaban J connectivity index is 1.73. The second kappa shape index (κ2) is 5.81. The summed E-state index contributed by atoms with van der Waals surface area (Å²) >= 11 is 0. The van der Waals surface area contributed by atoms with Gasteiger partial charge in [-0.2, -0.15) is 0 Å². The Labute approximate surface area is 139 Å². The lowest BCUT2D eigenvalue weighted by Crippen LogP contribution is -2.23. The topological polar surface area (TPSA) is 73.5 Å². The number of nitrogens with one attached hydrogen (secondary N) is 2. The first kappa shape index (κ1) is 14.4. The fourth-order valence-corrected chi connectivity index (χ4v) is 2.98. The lowest BCUT2D eigenvalue weighted by Gasteiger charge is -2.26. The number of imidazole rings is 1. The van der Waals surface area contributed by atoms with E-state index in [0.717, 1.165) is 22.7 Å². The van der Waals surface area contributed by atoms with Crippen LogP contribution >= 0.6 is 0 Å². The molecule has 4 rings (SSSR count). The lowest BCUT2D eigenvalue weighted by atomic mass is 10.0. The molecule has 0 radical (unpaired) electrons. The van der Waals surface area contributed by atoms with Crippen LogP contribution in [0.1, 0.15) is 18.7 Å². The molecule has 0 fully saturated rings. The van der Waals surface area contributed by atoms with Gasteiger partial charge in [-0.25, -0.2) is 15.0 Å². The summed E-state index contributed by atoms with van der Waals surface area (Å²) in [5.41, 5.74) is 5.06. The maximum Gasteiger partial charge on any atom is 0.162 e. The van der Waals surface area contributed by atoms with Crippen molar-refractivity contribution >= 4 is 17.0 Å². The van der Waals surface area contributed by atoms with Gasteiger partial charge in [0.15, 0.2) is 11.5 Å².